The van der Waals surface area contributed by atoms with Crippen molar-refractivity contribution in [3.8, 4) is 0 Å². The molecule has 1 aliphatic heterocycles. The Morgan fingerprint density at radius 1 is 1.54 bits per heavy atom. The summed E-state index contributed by atoms with van der Waals surface area (Å²) in [4.78, 5) is 40.0. The van der Waals surface area contributed by atoms with E-state index in [9.17, 15) is 22.8 Å². The van der Waals surface area contributed by atoms with Crippen LogP contribution in [0, 0.1) is 12.3 Å². The number of nitrogens with zero attached hydrogens (tertiary/aromatic N) is 2. The molecule has 2 heterocycles. The minimum absolute atomic E-state index is 0.0144. The molecule has 3 N–H and O–H groups in total. The fraction of sp³-hybridized carbons (Fsp3) is 0.533. The molecule has 0 aromatic carbocycles. The van der Waals surface area contributed by atoms with E-state index in [4.69, 9.17) is 5.73 Å². The molecule has 11 heteroatoms. The van der Waals surface area contributed by atoms with Crippen molar-refractivity contribution in [3.05, 3.63) is 18.0 Å². The van der Waals surface area contributed by atoms with Crippen LogP contribution in [0.2, 0.25) is 0 Å². The number of Topliss-reactive ketones (excluding diaryl/α,β-unsaturated/α-hetero) is 1. The molecule has 0 spiro atoms. The van der Waals surface area contributed by atoms with Crippen molar-refractivity contribution in [2.45, 2.75) is 36.6 Å². The summed E-state index contributed by atoms with van der Waals surface area (Å²) in [7, 11) is -4.28. The predicted molar refractivity (Wildman–Crippen MR) is 94.3 cm³/mol. The summed E-state index contributed by atoms with van der Waals surface area (Å²) in [5.74, 6) is -2.46. The van der Waals surface area contributed by atoms with Crippen LogP contribution in [0.5, 0.6) is 0 Å². The van der Waals surface area contributed by atoms with Gasteiger partial charge in [-0.1, -0.05) is 6.92 Å². The molecule has 0 aliphatic carbocycles. The standard InChI is InChI=1S/C15H21N4O5S2/c1-10(14(16)22)4-5-13(21)19(11-3-2-6-17-9-12(11)20)26(23,24)15-18-7-8-25-15/h5,7-8,10-11,17H,2-4,6,9H2,1H3,(H2,16,22)/t10?,11-/m0/s1. The molecule has 9 nitrogen and oxygen atoms in total. The van der Waals surface area contributed by atoms with Gasteiger partial charge in [0.05, 0.1) is 13.0 Å². The second-order valence-corrected chi connectivity index (χ2v) is 8.86. The summed E-state index contributed by atoms with van der Waals surface area (Å²) >= 11 is 0.867. The Bertz CT molecular complexity index is 763. The third-order valence-electron chi connectivity index (χ3n) is 4.02. The number of rotatable bonds is 7. The average Bonchev–Trinajstić information content (AvgIpc) is 3.05. The third-order valence-corrected chi connectivity index (χ3v) is 7.01. The highest BCUT2D eigenvalue weighted by Crippen LogP contribution is 2.25. The zero-order chi connectivity index (χ0) is 19.3. The average molecular weight is 401 g/mol. The molecular weight excluding hydrogens is 380 g/mol. The number of nitrogens with two attached hydrogens (primary N) is 1. The lowest BCUT2D eigenvalue weighted by molar-refractivity contribution is -0.131. The smallest absolute Gasteiger partial charge is 0.294 e. The quantitative estimate of drug-likeness (QED) is 0.639. The normalized spacial score (nSPS) is 19.6. The van der Waals surface area contributed by atoms with Gasteiger partial charge in [0.1, 0.15) is 6.04 Å². The van der Waals surface area contributed by atoms with Gasteiger partial charge in [0, 0.05) is 17.5 Å². The Hall–Kier alpha value is -1.85. The Balaban J connectivity index is 2.33. The van der Waals surface area contributed by atoms with Crippen molar-refractivity contribution in [1.29, 1.82) is 0 Å². The molecule has 143 valence electrons. The number of carbonyl (C=O) groups is 3. The van der Waals surface area contributed by atoms with E-state index < -0.39 is 33.8 Å². The van der Waals surface area contributed by atoms with Crippen LogP contribution in [0.15, 0.2) is 15.9 Å². The molecule has 2 rings (SSSR count). The molecule has 1 radical (unpaired) electrons. The van der Waals surface area contributed by atoms with Gasteiger partial charge in [0.15, 0.2) is 5.78 Å². The van der Waals surface area contributed by atoms with Crippen LogP contribution in [0.3, 0.4) is 0 Å². The van der Waals surface area contributed by atoms with E-state index >= 15 is 0 Å². The fourth-order valence-electron chi connectivity index (χ4n) is 2.50. The molecule has 1 saturated heterocycles. The zero-order valence-electron chi connectivity index (χ0n) is 14.3. The van der Waals surface area contributed by atoms with E-state index in [1.165, 1.54) is 18.5 Å². The molecule has 2 atom stereocenters. The predicted octanol–water partition coefficient (Wildman–Crippen LogP) is -0.303. The molecule has 1 aliphatic rings. The van der Waals surface area contributed by atoms with Gasteiger partial charge in [-0.2, -0.15) is 8.42 Å². The first-order valence-corrected chi connectivity index (χ1v) is 10.4. The molecular formula is C15H21N4O5S2. The minimum Gasteiger partial charge on any atom is -0.369 e. The highest BCUT2D eigenvalue weighted by atomic mass is 32.2. The van der Waals surface area contributed by atoms with E-state index in [-0.39, 0.29) is 29.5 Å². The van der Waals surface area contributed by atoms with Crippen LogP contribution >= 0.6 is 11.3 Å². The van der Waals surface area contributed by atoms with Crippen molar-refractivity contribution in [2.75, 3.05) is 13.1 Å². The number of hydrogen-bond donors (Lipinski definition) is 2. The molecule has 26 heavy (non-hydrogen) atoms. The second-order valence-electron chi connectivity index (χ2n) is 5.98. The Morgan fingerprint density at radius 2 is 2.27 bits per heavy atom. The van der Waals surface area contributed by atoms with Gasteiger partial charge in [-0.3, -0.25) is 14.4 Å². The van der Waals surface area contributed by atoms with Crippen molar-refractivity contribution < 1.29 is 22.8 Å². The lowest BCUT2D eigenvalue weighted by Crippen LogP contribution is -2.49. The number of ketones is 1. The number of carbonyl (C=O) groups excluding carboxylic acids is 3. The van der Waals surface area contributed by atoms with Crippen molar-refractivity contribution in [2.24, 2.45) is 11.7 Å². The summed E-state index contributed by atoms with van der Waals surface area (Å²) in [5, 5.41) is 4.38. The number of aromatic nitrogens is 1. The highest BCUT2D eigenvalue weighted by Gasteiger charge is 2.40. The van der Waals surface area contributed by atoms with Crippen molar-refractivity contribution in [1.82, 2.24) is 14.6 Å². The first-order valence-electron chi connectivity index (χ1n) is 8.09. The number of nitrogens with one attached hydrogen (secondary N) is 1. The van der Waals surface area contributed by atoms with E-state index in [1.807, 2.05) is 0 Å². The van der Waals surface area contributed by atoms with Crippen LogP contribution < -0.4 is 11.1 Å². The summed E-state index contributed by atoms with van der Waals surface area (Å²) in [6.45, 7) is 2.08. The van der Waals surface area contributed by atoms with Gasteiger partial charge in [-0.25, -0.2) is 9.29 Å². The Kier molecular flexibility index (Phi) is 6.84. The summed E-state index contributed by atoms with van der Waals surface area (Å²) in [5.41, 5.74) is 5.17. The monoisotopic (exact) mass is 401 g/mol. The molecule has 1 aromatic heterocycles. The van der Waals surface area contributed by atoms with Gasteiger partial charge in [0.2, 0.25) is 16.2 Å². The van der Waals surface area contributed by atoms with Gasteiger partial charge in [-0.15, -0.1) is 11.3 Å². The topological polar surface area (TPSA) is 140 Å². The van der Waals surface area contributed by atoms with Crippen LogP contribution in [-0.4, -0.2) is 54.4 Å². The van der Waals surface area contributed by atoms with Crippen molar-refractivity contribution in [3.63, 3.8) is 0 Å². The van der Waals surface area contributed by atoms with Gasteiger partial charge < -0.3 is 11.1 Å². The summed E-state index contributed by atoms with van der Waals surface area (Å²) in [6.07, 6.45) is 3.16. The number of primary amides is 1. The first kappa shape index (κ1) is 20.5. The largest absolute Gasteiger partial charge is 0.369 e. The molecule has 1 aromatic rings. The second kappa shape index (κ2) is 8.69. The van der Waals surface area contributed by atoms with E-state index in [0.29, 0.717) is 17.3 Å². The van der Waals surface area contributed by atoms with Gasteiger partial charge >= 0.3 is 0 Å². The SMILES string of the molecule is CC(C[CH]C(=O)N([C@H]1CCCNCC1=O)S(=O)(=O)c1nccs1)C(N)=O. The summed E-state index contributed by atoms with van der Waals surface area (Å²) in [6, 6.07) is -1.11. The number of sulfonamides is 1. The number of amides is 2. The van der Waals surface area contributed by atoms with Gasteiger partial charge in [0.25, 0.3) is 10.0 Å². The lowest BCUT2D eigenvalue weighted by atomic mass is 10.0. The third kappa shape index (κ3) is 4.65. The van der Waals surface area contributed by atoms with Crippen LogP contribution in [0.4, 0.5) is 0 Å². The maximum absolute atomic E-state index is 12.9. The van der Waals surface area contributed by atoms with E-state index in [2.05, 4.69) is 10.3 Å². The van der Waals surface area contributed by atoms with Crippen LogP contribution in [0.1, 0.15) is 26.2 Å². The summed E-state index contributed by atoms with van der Waals surface area (Å²) < 4.78 is 26.2. The highest BCUT2D eigenvalue weighted by molar-refractivity contribution is 7.91. The number of hydrogen-bond acceptors (Lipinski definition) is 8. The molecule has 2 amide bonds. The van der Waals surface area contributed by atoms with Crippen LogP contribution in [0.25, 0.3) is 0 Å². The zero-order valence-corrected chi connectivity index (χ0v) is 15.9. The Labute approximate surface area is 156 Å². The molecule has 0 saturated carbocycles. The maximum atomic E-state index is 12.9. The van der Waals surface area contributed by atoms with E-state index in [1.54, 1.807) is 0 Å². The van der Waals surface area contributed by atoms with Crippen molar-refractivity contribution >= 4 is 39.0 Å². The first-order chi connectivity index (χ1) is 12.2. The number of thiazole rings is 1. The van der Waals surface area contributed by atoms with Gasteiger partial charge in [-0.05, 0) is 25.8 Å². The van der Waals surface area contributed by atoms with Crippen LogP contribution in [-0.2, 0) is 24.4 Å². The fourth-order valence-corrected chi connectivity index (χ4v) is 4.99. The molecule has 1 fully saturated rings. The Morgan fingerprint density at radius 3 is 2.88 bits per heavy atom. The molecule has 0 bridgehead atoms. The molecule has 1 unspecified atom stereocenters. The minimum atomic E-state index is -4.28. The lowest BCUT2D eigenvalue weighted by Gasteiger charge is -2.28. The maximum Gasteiger partial charge on any atom is 0.294 e. The van der Waals surface area contributed by atoms with E-state index in [0.717, 1.165) is 17.8 Å².